The monoisotopic (exact) mass is 311 g/mol. The van der Waals surface area contributed by atoms with Gasteiger partial charge in [0.25, 0.3) is 0 Å². The molecule has 0 N–H and O–H groups in total. The van der Waals surface area contributed by atoms with E-state index in [1.165, 1.54) is 0 Å². The Morgan fingerprint density at radius 1 is 1.35 bits per heavy atom. The highest BCUT2D eigenvalue weighted by Crippen LogP contribution is 2.28. The number of hydrogen-bond acceptors (Lipinski definition) is 2. The first-order valence-corrected chi connectivity index (χ1v) is 6.64. The fraction of sp³-hybridized carbons (Fsp3) is 0.154. The van der Waals surface area contributed by atoms with Gasteiger partial charge in [-0.2, -0.15) is 0 Å². The summed E-state index contributed by atoms with van der Waals surface area (Å²) < 4.78 is 5.73. The maximum atomic E-state index is 6.11. The van der Waals surface area contributed by atoms with E-state index in [0.717, 1.165) is 28.1 Å². The van der Waals surface area contributed by atoms with Crippen molar-refractivity contribution in [2.24, 2.45) is 0 Å². The molecule has 17 heavy (non-hydrogen) atoms. The van der Waals surface area contributed by atoms with Gasteiger partial charge in [-0.15, -0.1) is 0 Å². The van der Waals surface area contributed by atoms with Crippen LogP contribution in [0, 0.1) is 6.92 Å². The molecule has 0 bridgehead atoms. The van der Waals surface area contributed by atoms with Gasteiger partial charge in [-0.05, 0) is 36.8 Å². The Hall–Kier alpha value is -1.06. The Kier molecular flexibility index (Phi) is 4.02. The number of hydrogen-bond donors (Lipinski definition) is 0. The third-order valence-corrected chi connectivity index (χ3v) is 3.31. The summed E-state index contributed by atoms with van der Waals surface area (Å²) in [5, 5.41) is 1.43. The van der Waals surface area contributed by atoms with Crippen LogP contribution in [-0.2, 0) is 5.33 Å². The molecule has 0 spiro atoms. The SMILES string of the molecule is Cc1ncccc1Oc1ccc(CBr)c(Cl)c1. The molecule has 1 aromatic heterocycles. The number of halogens is 2. The lowest BCUT2D eigenvalue weighted by Gasteiger charge is -2.09. The molecule has 1 heterocycles. The van der Waals surface area contributed by atoms with Crippen LogP contribution < -0.4 is 4.74 Å². The number of aryl methyl sites for hydroxylation is 1. The van der Waals surface area contributed by atoms with Crippen molar-refractivity contribution in [3.8, 4) is 11.5 Å². The van der Waals surface area contributed by atoms with Crippen molar-refractivity contribution in [2.75, 3.05) is 0 Å². The molecule has 4 heteroatoms. The topological polar surface area (TPSA) is 22.1 Å². The lowest BCUT2D eigenvalue weighted by molar-refractivity contribution is 0.475. The summed E-state index contributed by atoms with van der Waals surface area (Å²) >= 11 is 9.49. The molecule has 0 fully saturated rings. The van der Waals surface area contributed by atoms with Crippen LogP contribution in [0.1, 0.15) is 11.3 Å². The van der Waals surface area contributed by atoms with Gasteiger partial charge in [-0.25, -0.2) is 0 Å². The van der Waals surface area contributed by atoms with Crippen molar-refractivity contribution in [1.82, 2.24) is 4.98 Å². The minimum atomic E-state index is 0.695. The molecule has 0 saturated heterocycles. The largest absolute Gasteiger partial charge is 0.455 e. The van der Waals surface area contributed by atoms with Crippen molar-refractivity contribution < 1.29 is 4.74 Å². The third kappa shape index (κ3) is 2.99. The molecule has 0 amide bonds. The zero-order valence-electron chi connectivity index (χ0n) is 9.28. The highest BCUT2D eigenvalue weighted by Gasteiger charge is 2.04. The van der Waals surface area contributed by atoms with Gasteiger partial charge in [0.2, 0.25) is 0 Å². The molecule has 2 aromatic rings. The average Bonchev–Trinajstić information content (AvgIpc) is 2.32. The Labute approximate surface area is 114 Å². The zero-order valence-corrected chi connectivity index (χ0v) is 11.6. The zero-order chi connectivity index (χ0) is 12.3. The van der Waals surface area contributed by atoms with E-state index in [1.807, 2.05) is 37.3 Å². The Balaban J connectivity index is 2.25. The molecule has 0 aliphatic heterocycles. The van der Waals surface area contributed by atoms with Gasteiger partial charge in [0.1, 0.15) is 11.5 Å². The van der Waals surface area contributed by atoms with Crippen LogP contribution in [0.5, 0.6) is 11.5 Å². The van der Waals surface area contributed by atoms with Crippen LogP contribution in [0.2, 0.25) is 5.02 Å². The van der Waals surface area contributed by atoms with E-state index in [2.05, 4.69) is 20.9 Å². The maximum absolute atomic E-state index is 6.11. The number of ether oxygens (including phenoxy) is 1. The summed E-state index contributed by atoms with van der Waals surface area (Å²) in [6.07, 6.45) is 1.74. The standard InChI is InChI=1S/C13H11BrClNO/c1-9-13(3-2-6-16-9)17-11-5-4-10(8-14)12(15)7-11/h2-7H,8H2,1H3. The third-order valence-electron chi connectivity index (χ3n) is 2.35. The quantitative estimate of drug-likeness (QED) is 0.764. The second kappa shape index (κ2) is 5.52. The van der Waals surface area contributed by atoms with Crippen molar-refractivity contribution >= 4 is 27.5 Å². The van der Waals surface area contributed by atoms with Crippen molar-refractivity contribution in [3.63, 3.8) is 0 Å². The predicted octanol–water partition coefficient (Wildman–Crippen LogP) is 4.73. The van der Waals surface area contributed by atoms with Gasteiger partial charge in [-0.1, -0.05) is 33.6 Å². The summed E-state index contributed by atoms with van der Waals surface area (Å²) in [5.74, 6) is 1.46. The second-order valence-electron chi connectivity index (χ2n) is 3.58. The van der Waals surface area contributed by atoms with E-state index in [-0.39, 0.29) is 0 Å². The predicted molar refractivity (Wildman–Crippen MR) is 73.1 cm³/mol. The lowest BCUT2D eigenvalue weighted by atomic mass is 10.2. The fourth-order valence-corrected chi connectivity index (χ4v) is 2.29. The molecule has 1 aromatic carbocycles. The molecular formula is C13H11BrClNO. The second-order valence-corrected chi connectivity index (χ2v) is 4.54. The van der Waals surface area contributed by atoms with Crippen molar-refractivity contribution in [2.45, 2.75) is 12.3 Å². The van der Waals surface area contributed by atoms with Crippen molar-refractivity contribution in [1.29, 1.82) is 0 Å². The minimum absolute atomic E-state index is 0.695. The van der Waals surface area contributed by atoms with E-state index in [4.69, 9.17) is 16.3 Å². The summed E-state index contributed by atoms with van der Waals surface area (Å²) in [6.45, 7) is 1.91. The molecule has 0 saturated carbocycles. The van der Waals surface area contributed by atoms with Gasteiger partial charge >= 0.3 is 0 Å². The number of benzene rings is 1. The van der Waals surface area contributed by atoms with E-state index in [9.17, 15) is 0 Å². The van der Waals surface area contributed by atoms with Crippen LogP contribution in [0.15, 0.2) is 36.5 Å². The Morgan fingerprint density at radius 3 is 2.82 bits per heavy atom. The van der Waals surface area contributed by atoms with E-state index < -0.39 is 0 Å². The fourth-order valence-electron chi connectivity index (χ4n) is 1.40. The van der Waals surface area contributed by atoms with Gasteiger partial charge in [0.15, 0.2) is 0 Å². The first-order chi connectivity index (χ1) is 8.20. The van der Waals surface area contributed by atoms with E-state index in [1.54, 1.807) is 6.20 Å². The van der Waals surface area contributed by atoms with E-state index in [0.29, 0.717) is 5.02 Å². The smallest absolute Gasteiger partial charge is 0.148 e. The molecule has 0 aliphatic rings. The van der Waals surface area contributed by atoms with Gasteiger partial charge in [-0.3, -0.25) is 4.98 Å². The van der Waals surface area contributed by atoms with Crippen LogP contribution >= 0.6 is 27.5 Å². The number of alkyl halides is 1. The molecular weight excluding hydrogens is 302 g/mol. The summed E-state index contributed by atoms with van der Waals surface area (Å²) in [6, 6.07) is 9.38. The van der Waals surface area contributed by atoms with Crippen LogP contribution in [0.4, 0.5) is 0 Å². The van der Waals surface area contributed by atoms with Gasteiger partial charge in [0.05, 0.1) is 5.69 Å². The summed E-state index contributed by atoms with van der Waals surface area (Å²) in [4.78, 5) is 4.17. The highest BCUT2D eigenvalue weighted by atomic mass is 79.9. The Morgan fingerprint density at radius 2 is 2.18 bits per heavy atom. The van der Waals surface area contributed by atoms with Gasteiger partial charge < -0.3 is 4.74 Å². The molecule has 2 rings (SSSR count). The van der Waals surface area contributed by atoms with Crippen molar-refractivity contribution in [3.05, 3.63) is 52.8 Å². The first kappa shape index (κ1) is 12.4. The highest BCUT2D eigenvalue weighted by molar-refractivity contribution is 9.08. The summed E-state index contributed by atoms with van der Waals surface area (Å²) in [7, 11) is 0. The molecule has 2 nitrogen and oxygen atoms in total. The minimum Gasteiger partial charge on any atom is -0.455 e. The van der Waals surface area contributed by atoms with E-state index >= 15 is 0 Å². The normalized spacial score (nSPS) is 10.3. The average molecular weight is 313 g/mol. The molecule has 0 radical (unpaired) electrons. The number of nitrogens with zero attached hydrogens (tertiary/aromatic N) is 1. The molecule has 0 aliphatic carbocycles. The number of aromatic nitrogens is 1. The van der Waals surface area contributed by atoms with Crippen LogP contribution in [-0.4, -0.2) is 4.98 Å². The van der Waals surface area contributed by atoms with Crippen LogP contribution in [0.3, 0.4) is 0 Å². The van der Waals surface area contributed by atoms with Gasteiger partial charge in [0, 0.05) is 16.5 Å². The molecule has 0 atom stereocenters. The summed E-state index contributed by atoms with van der Waals surface area (Å²) in [5.41, 5.74) is 1.90. The number of pyridine rings is 1. The maximum Gasteiger partial charge on any atom is 0.148 e. The Bertz CT molecular complexity index is 531. The van der Waals surface area contributed by atoms with Crippen LogP contribution in [0.25, 0.3) is 0 Å². The first-order valence-electron chi connectivity index (χ1n) is 5.14. The lowest BCUT2D eigenvalue weighted by Crippen LogP contribution is -1.90. The molecule has 0 unspecified atom stereocenters. The molecule has 88 valence electrons. The number of rotatable bonds is 3.